The maximum Gasteiger partial charge on any atom is 0.220 e. The number of nitrogens with two attached hydrogens (primary N) is 1. The van der Waals surface area contributed by atoms with E-state index in [9.17, 15) is 9.59 Å². The maximum absolute atomic E-state index is 11.8. The highest BCUT2D eigenvalue weighted by Crippen LogP contribution is 2.17. The van der Waals surface area contributed by atoms with Crippen LogP contribution in [0.3, 0.4) is 0 Å². The van der Waals surface area contributed by atoms with Crippen molar-refractivity contribution < 1.29 is 9.59 Å². The van der Waals surface area contributed by atoms with E-state index in [0.29, 0.717) is 19.4 Å². The number of benzene rings is 1. The van der Waals surface area contributed by atoms with E-state index >= 15 is 0 Å². The van der Waals surface area contributed by atoms with E-state index in [2.05, 4.69) is 23.8 Å². The molecule has 0 fully saturated rings. The molecule has 146 valence electrons. The minimum absolute atomic E-state index is 0.0288. The molecule has 0 aromatic heterocycles. The molecule has 0 radical (unpaired) electrons. The molecule has 0 heterocycles. The van der Waals surface area contributed by atoms with Crippen molar-refractivity contribution in [3.8, 4) is 0 Å². The van der Waals surface area contributed by atoms with Crippen molar-refractivity contribution in [2.75, 3.05) is 11.9 Å². The number of rotatable bonds is 11. The Morgan fingerprint density at radius 1 is 1.26 bits per heavy atom. The Labute approximate surface area is 161 Å². The first-order chi connectivity index (χ1) is 12.9. The molecule has 27 heavy (non-hydrogen) atoms. The third-order valence-corrected chi connectivity index (χ3v) is 3.42. The zero-order chi connectivity index (χ0) is 20.5. The van der Waals surface area contributed by atoms with Crippen LogP contribution < -0.4 is 16.4 Å². The number of nitrogens with one attached hydrogen (secondary N) is 3. The summed E-state index contributed by atoms with van der Waals surface area (Å²) in [5.74, 6) is 0.195. The molecule has 0 spiro atoms. The van der Waals surface area contributed by atoms with Crippen LogP contribution in [0.25, 0.3) is 0 Å². The van der Waals surface area contributed by atoms with Gasteiger partial charge in [0.2, 0.25) is 12.3 Å². The number of amides is 2. The van der Waals surface area contributed by atoms with Gasteiger partial charge in [-0.05, 0) is 43.4 Å². The van der Waals surface area contributed by atoms with Gasteiger partial charge in [-0.15, -0.1) is 0 Å². The predicted molar refractivity (Wildman–Crippen MR) is 113 cm³/mol. The first-order valence-electron chi connectivity index (χ1n) is 8.74. The van der Waals surface area contributed by atoms with Gasteiger partial charge in [0, 0.05) is 18.7 Å². The van der Waals surface area contributed by atoms with Gasteiger partial charge in [-0.2, -0.15) is 0 Å². The molecule has 1 rings (SSSR count). The lowest BCUT2D eigenvalue weighted by atomic mass is 10.0. The van der Waals surface area contributed by atoms with Gasteiger partial charge in [0.1, 0.15) is 0 Å². The van der Waals surface area contributed by atoms with Crippen LogP contribution in [0.1, 0.15) is 31.7 Å². The number of amidine groups is 1. The lowest BCUT2D eigenvalue weighted by Gasteiger charge is -2.08. The number of allylic oxidation sites excluding steroid dienone is 2. The highest BCUT2D eigenvalue weighted by atomic mass is 16.1. The minimum Gasteiger partial charge on any atom is -0.388 e. The van der Waals surface area contributed by atoms with Crippen molar-refractivity contribution in [1.29, 1.82) is 5.41 Å². The number of hydrogen-bond acceptors (Lipinski definition) is 3. The molecule has 0 saturated heterocycles. The topological polar surface area (TPSA) is 108 Å². The second-order valence-electron chi connectivity index (χ2n) is 5.77. The molecule has 1 aromatic carbocycles. The fraction of sp³-hybridized carbons (Fsp3) is 0.286. The zero-order valence-electron chi connectivity index (χ0n) is 16.0. The standard InChI is InChI=1S/C19H24N2O2.C2H6N2/c1-3-9-16(4-2)14-20-19(23)13-8-6-11-17-10-5-7-12-18(17)21-15-22;1-2(3)4/h3-5,7,9-10,12,15H,1-2,6,8,11,13-14H2,(H,20,23)(H,21,22);1H3,(H3,3,4)/b16-9+;. The van der Waals surface area contributed by atoms with Crippen molar-refractivity contribution in [3.05, 3.63) is 66.8 Å². The van der Waals surface area contributed by atoms with E-state index in [4.69, 9.17) is 11.1 Å². The third-order valence-electron chi connectivity index (χ3n) is 3.42. The van der Waals surface area contributed by atoms with Crippen molar-refractivity contribution in [2.24, 2.45) is 5.73 Å². The van der Waals surface area contributed by atoms with Crippen LogP contribution in [-0.2, 0) is 16.0 Å². The average Bonchev–Trinajstić information content (AvgIpc) is 2.63. The van der Waals surface area contributed by atoms with Gasteiger partial charge in [-0.1, -0.05) is 49.6 Å². The summed E-state index contributed by atoms with van der Waals surface area (Å²) in [7, 11) is 0. The summed E-state index contributed by atoms with van der Waals surface area (Å²) in [6.45, 7) is 9.31. The average molecular weight is 370 g/mol. The Bertz CT molecular complexity index is 662. The summed E-state index contributed by atoms with van der Waals surface area (Å²) in [6, 6.07) is 7.69. The smallest absolute Gasteiger partial charge is 0.220 e. The fourth-order valence-electron chi connectivity index (χ4n) is 2.18. The summed E-state index contributed by atoms with van der Waals surface area (Å²) < 4.78 is 0. The fourth-order valence-corrected chi connectivity index (χ4v) is 2.18. The molecule has 5 N–H and O–H groups in total. The van der Waals surface area contributed by atoms with Crippen molar-refractivity contribution >= 4 is 23.8 Å². The van der Waals surface area contributed by atoms with Gasteiger partial charge < -0.3 is 16.4 Å². The quantitative estimate of drug-likeness (QED) is 0.158. The van der Waals surface area contributed by atoms with E-state index in [0.717, 1.165) is 36.1 Å². The van der Waals surface area contributed by atoms with Crippen LogP contribution in [0, 0.1) is 5.41 Å². The van der Waals surface area contributed by atoms with Gasteiger partial charge in [0.15, 0.2) is 0 Å². The van der Waals surface area contributed by atoms with Gasteiger partial charge in [0.05, 0.1) is 5.84 Å². The van der Waals surface area contributed by atoms with Crippen LogP contribution in [0.4, 0.5) is 5.69 Å². The van der Waals surface area contributed by atoms with Gasteiger partial charge in [-0.25, -0.2) is 0 Å². The van der Waals surface area contributed by atoms with E-state index in [1.54, 1.807) is 12.2 Å². The molecule has 2 amide bonds. The highest BCUT2D eigenvalue weighted by Gasteiger charge is 2.04. The molecule has 1 aromatic rings. The Balaban J connectivity index is 0.00000153. The summed E-state index contributed by atoms with van der Waals surface area (Å²) in [4.78, 5) is 22.4. The third kappa shape index (κ3) is 12.8. The molecular weight excluding hydrogens is 340 g/mol. The van der Waals surface area contributed by atoms with Crippen molar-refractivity contribution in [1.82, 2.24) is 5.32 Å². The van der Waals surface area contributed by atoms with Gasteiger partial charge in [-0.3, -0.25) is 15.0 Å². The molecule has 6 nitrogen and oxygen atoms in total. The number of carbonyl (C=O) groups excluding carboxylic acids is 2. The molecule has 6 heteroatoms. The molecule has 0 aliphatic carbocycles. The summed E-state index contributed by atoms with van der Waals surface area (Å²) >= 11 is 0. The first-order valence-corrected chi connectivity index (χ1v) is 8.74. The van der Waals surface area contributed by atoms with Crippen LogP contribution in [0.2, 0.25) is 0 Å². The Morgan fingerprint density at radius 2 is 1.93 bits per heavy atom. The molecule has 0 unspecified atom stereocenters. The number of hydrogen-bond donors (Lipinski definition) is 4. The Hall–Kier alpha value is -3.15. The Morgan fingerprint density at radius 3 is 2.52 bits per heavy atom. The molecule has 0 saturated carbocycles. The molecule has 0 aliphatic heterocycles. The number of unbranched alkanes of at least 4 members (excludes halogenated alkanes) is 1. The van der Waals surface area contributed by atoms with E-state index in [1.165, 1.54) is 6.92 Å². The molecular formula is C21H30N4O2. The van der Waals surface area contributed by atoms with E-state index in [-0.39, 0.29) is 11.7 Å². The number of carbonyl (C=O) groups is 2. The van der Waals surface area contributed by atoms with Crippen LogP contribution in [-0.4, -0.2) is 24.7 Å². The van der Waals surface area contributed by atoms with Crippen molar-refractivity contribution in [3.63, 3.8) is 0 Å². The van der Waals surface area contributed by atoms with Crippen LogP contribution >= 0.6 is 0 Å². The lowest BCUT2D eigenvalue weighted by molar-refractivity contribution is -0.121. The van der Waals surface area contributed by atoms with Gasteiger partial charge >= 0.3 is 0 Å². The summed E-state index contributed by atoms with van der Waals surface area (Å²) in [5, 5.41) is 11.8. The monoisotopic (exact) mass is 370 g/mol. The SMILES string of the molecule is C=C/C=C(\C=C)CNC(=O)CCCCc1ccccc1NC=O.CC(=N)N. The van der Waals surface area contributed by atoms with Gasteiger partial charge in [0.25, 0.3) is 0 Å². The first kappa shape index (κ1) is 23.9. The molecule has 0 atom stereocenters. The van der Waals surface area contributed by atoms with Crippen LogP contribution in [0.5, 0.6) is 0 Å². The number of anilines is 1. The summed E-state index contributed by atoms with van der Waals surface area (Å²) in [5.41, 5.74) is 7.54. The molecule has 0 bridgehead atoms. The predicted octanol–water partition coefficient (Wildman–Crippen LogP) is 3.32. The molecule has 0 aliphatic rings. The van der Waals surface area contributed by atoms with Crippen LogP contribution in [0.15, 0.2) is 61.2 Å². The largest absolute Gasteiger partial charge is 0.388 e. The van der Waals surface area contributed by atoms with E-state index < -0.39 is 0 Å². The second kappa shape index (κ2) is 15.1. The normalized spacial score (nSPS) is 10.0. The number of para-hydroxylation sites is 1. The zero-order valence-corrected chi connectivity index (χ0v) is 16.0. The number of aryl methyl sites for hydroxylation is 1. The second-order valence-corrected chi connectivity index (χ2v) is 5.77. The van der Waals surface area contributed by atoms with Crippen molar-refractivity contribution in [2.45, 2.75) is 32.6 Å². The van der Waals surface area contributed by atoms with E-state index in [1.807, 2.05) is 30.3 Å². The summed E-state index contributed by atoms with van der Waals surface area (Å²) in [6.07, 6.45) is 8.90. The minimum atomic E-state index is 0.0288. The highest BCUT2D eigenvalue weighted by molar-refractivity contribution is 5.76. The lowest BCUT2D eigenvalue weighted by Crippen LogP contribution is -2.24. The Kier molecular flexibility index (Phi) is 13.4. The maximum atomic E-state index is 11.8.